The largest absolute Gasteiger partial charge is 0.481 e. The average Bonchev–Trinajstić information content (AvgIpc) is 3.11. The molecular weight excluding hydrogens is 332 g/mol. The van der Waals surface area contributed by atoms with Crippen LogP contribution in [0.15, 0.2) is 30.3 Å². The van der Waals surface area contributed by atoms with E-state index in [0.29, 0.717) is 19.4 Å². The Morgan fingerprint density at radius 2 is 2.00 bits per heavy atom. The van der Waals surface area contributed by atoms with E-state index in [1.54, 1.807) is 9.58 Å². The van der Waals surface area contributed by atoms with Crippen molar-refractivity contribution in [2.75, 3.05) is 6.54 Å². The molecule has 7 heteroatoms. The molecule has 1 fully saturated rings. The molecule has 1 aliphatic heterocycles. The molecule has 0 bridgehead atoms. The van der Waals surface area contributed by atoms with Gasteiger partial charge in [0, 0.05) is 25.4 Å². The van der Waals surface area contributed by atoms with Gasteiger partial charge in [0.25, 0.3) is 5.91 Å². The molecular formula is C19H24N4O3. The number of aryl methyl sites for hydroxylation is 1. The SMILES string of the molecule is CCc1nc(C(=O)N2CCCCC2CCC(=O)O)nn1-c1ccccc1. The van der Waals surface area contributed by atoms with E-state index in [1.807, 2.05) is 37.3 Å². The minimum Gasteiger partial charge on any atom is -0.481 e. The summed E-state index contributed by atoms with van der Waals surface area (Å²) in [6.07, 6.45) is 3.98. The van der Waals surface area contributed by atoms with Gasteiger partial charge >= 0.3 is 5.97 Å². The molecule has 1 saturated heterocycles. The Morgan fingerprint density at radius 3 is 2.69 bits per heavy atom. The van der Waals surface area contributed by atoms with Gasteiger partial charge in [-0.25, -0.2) is 9.67 Å². The first-order valence-corrected chi connectivity index (χ1v) is 9.14. The number of aliphatic carboxylic acids is 1. The third-order valence-corrected chi connectivity index (χ3v) is 4.76. The number of aromatic nitrogens is 3. The topological polar surface area (TPSA) is 88.3 Å². The molecule has 1 N–H and O–H groups in total. The molecule has 1 aromatic carbocycles. The number of hydrogen-bond donors (Lipinski definition) is 1. The Hall–Kier alpha value is -2.70. The average molecular weight is 356 g/mol. The molecule has 0 spiro atoms. The van der Waals surface area contributed by atoms with Crippen LogP contribution in [0, 0.1) is 0 Å². The van der Waals surface area contributed by atoms with Crippen LogP contribution in [0.25, 0.3) is 5.69 Å². The van der Waals surface area contributed by atoms with Gasteiger partial charge in [0.05, 0.1) is 5.69 Å². The van der Waals surface area contributed by atoms with Crippen LogP contribution in [0.5, 0.6) is 0 Å². The Bertz CT molecular complexity index is 772. The summed E-state index contributed by atoms with van der Waals surface area (Å²) in [6.45, 7) is 2.61. The normalized spacial score (nSPS) is 17.3. The van der Waals surface area contributed by atoms with E-state index in [9.17, 15) is 9.59 Å². The maximum absolute atomic E-state index is 13.0. The summed E-state index contributed by atoms with van der Waals surface area (Å²) in [5, 5.41) is 13.4. The van der Waals surface area contributed by atoms with Crippen molar-refractivity contribution in [3.8, 4) is 5.69 Å². The van der Waals surface area contributed by atoms with Crippen LogP contribution in [0.1, 0.15) is 55.5 Å². The molecule has 0 saturated carbocycles. The highest BCUT2D eigenvalue weighted by Gasteiger charge is 2.30. The van der Waals surface area contributed by atoms with Crippen molar-refractivity contribution in [3.63, 3.8) is 0 Å². The smallest absolute Gasteiger partial charge is 0.303 e. The van der Waals surface area contributed by atoms with Gasteiger partial charge in [-0.05, 0) is 37.8 Å². The molecule has 3 rings (SSSR count). The Labute approximate surface area is 152 Å². The van der Waals surface area contributed by atoms with E-state index in [4.69, 9.17) is 5.11 Å². The number of carboxylic acid groups (broad SMARTS) is 1. The number of carboxylic acids is 1. The third-order valence-electron chi connectivity index (χ3n) is 4.76. The quantitative estimate of drug-likeness (QED) is 0.860. The highest BCUT2D eigenvalue weighted by Crippen LogP contribution is 2.23. The molecule has 0 radical (unpaired) electrons. The standard InChI is InChI=1S/C19H24N4O3/c1-2-16-20-18(21-23(16)15-9-4-3-5-10-15)19(26)22-13-7-6-8-14(22)11-12-17(24)25/h3-5,9-10,14H,2,6-8,11-13H2,1H3,(H,24,25). The molecule has 138 valence electrons. The maximum atomic E-state index is 13.0. The van der Waals surface area contributed by atoms with Gasteiger partial charge in [0.2, 0.25) is 5.82 Å². The summed E-state index contributed by atoms with van der Waals surface area (Å²) >= 11 is 0. The van der Waals surface area contributed by atoms with Crippen LogP contribution in [-0.2, 0) is 11.2 Å². The van der Waals surface area contributed by atoms with E-state index in [2.05, 4.69) is 10.1 Å². The van der Waals surface area contributed by atoms with Crippen molar-refractivity contribution in [3.05, 3.63) is 42.0 Å². The number of carbonyl (C=O) groups excluding carboxylic acids is 1. The molecule has 1 amide bonds. The van der Waals surface area contributed by atoms with Gasteiger partial charge in [-0.3, -0.25) is 9.59 Å². The number of amides is 1. The van der Waals surface area contributed by atoms with E-state index in [1.165, 1.54) is 0 Å². The lowest BCUT2D eigenvalue weighted by Gasteiger charge is -2.34. The molecule has 1 atom stereocenters. The van der Waals surface area contributed by atoms with Gasteiger partial charge in [-0.2, -0.15) is 0 Å². The van der Waals surface area contributed by atoms with Gasteiger partial charge in [-0.1, -0.05) is 25.1 Å². The summed E-state index contributed by atoms with van der Waals surface area (Å²) in [5.74, 6) is -0.112. The van der Waals surface area contributed by atoms with Crippen LogP contribution < -0.4 is 0 Å². The lowest BCUT2D eigenvalue weighted by Crippen LogP contribution is -2.44. The van der Waals surface area contributed by atoms with Crippen molar-refractivity contribution in [1.82, 2.24) is 19.7 Å². The highest BCUT2D eigenvalue weighted by atomic mass is 16.4. The van der Waals surface area contributed by atoms with Gasteiger partial charge < -0.3 is 10.0 Å². The van der Waals surface area contributed by atoms with Crippen molar-refractivity contribution in [2.45, 2.75) is 51.5 Å². The van der Waals surface area contributed by atoms with Crippen molar-refractivity contribution in [2.24, 2.45) is 0 Å². The number of rotatable bonds is 6. The number of carbonyl (C=O) groups is 2. The zero-order valence-corrected chi connectivity index (χ0v) is 15.0. The number of likely N-dealkylation sites (tertiary alicyclic amines) is 1. The Kier molecular flexibility index (Phi) is 5.65. The van der Waals surface area contributed by atoms with Crippen molar-refractivity contribution in [1.29, 1.82) is 0 Å². The molecule has 1 aliphatic rings. The first-order chi connectivity index (χ1) is 12.6. The summed E-state index contributed by atoms with van der Waals surface area (Å²) in [7, 11) is 0. The number of hydrogen-bond acceptors (Lipinski definition) is 4. The fourth-order valence-electron chi connectivity index (χ4n) is 3.43. The highest BCUT2D eigenvalue weighted by molar-refractivity contribution is 5.90. The fourth-order valence-corrected chi connectivity index (χ4v) is 3.43. The zero-order valence-electron chi connectivity index (χ0n) is 15.0. The third kappa shape index (κ3) is 3.92. The minimum atomic E-state index is -0.831. The second-order valence-corrected chi connectivity index (χ2v) is 6.53. The molecule has 7 nitrogen and oxygen atoms in total. The van der Waals surface area contributed by atoms with Crippen LogP contribution in [0.2, 0.25) is 0 Å². The van der Waals surface area contributed by atoms with Gasteiger partial charge in [0.15, 0.2) is 0 Å². The second kappa shape index (κ2) is 8.12. The molecule has 26 heavy (non-hydrogen) atoms. The number of para-hydroxylation sites is 1. The molecule has 0 aliphatic carbocycles. The lowest BCUT2D eigenvalue weighted by molar-refractivity contribution is -0.137. The Balaban J connectivity index is 1.84. The van der Waals surface area contributed by atoms with Gasteiger partial charge in [-0.15, -0.1) is 5.10 Å². The predicted molar refractivity (Wildman–Crippen MR) is 96.3 cm³/mol. The van der Waals surface area contributed by atoms with Gasteiger partial charge in [0.1, 0.15) is 5.82 Å². The predicted octanol–water partition coefficient (Wildman–Crippen LogP) is 2.69. The van der Waals surface area contributed by atoms with Crippen molar-refractivity contribution >= 4 is 11.9 Å². The van der Waals surface area contributed by atoms with E-state index in [-0.39, 0.29) is 24.2 Å². The summed E-state index contributed by atoms with van der Waals surface area (Å²) < 4.78 is 1.71. The van der Waals surface area contributed by atoms with Crippen LogP contribution in [-0.4, -0.2) is 49.2 Å². The molecule has 2 heterocycles. The summed E-state index contributed by atoms with van der Waals surface area (Å²) in [6, 6.07) is 9.58. The van der Waals surface area contributed by atoms with E-state index < -0.39 is 5.97 Å². The van der Waals surface area contributed by atoms with Crippen LogP contribution in [0.4, 0.5) is 0 Å². The number of nitrogens with zero attached hydrogens (tertiary/aromatic N) is 4. The summed E-state index contributed by atoms with van der Waals surface area (Å²) in [5.41, 5.74) is 0.872. The Morgan fingerprint density at radius 1 is 1.23 bits per heavy atom. The number of benzene rings is 1. The van der Waals surface area contributed by atoms with Crippen LogP contribution >= 0.6 is 0 Å². The first kappa shape index (κ1) is 18.1. The summed E-state index contributed by atoms with van der Waals surface area (Å²) in [4.78, 5) is 30.1. The van der Waals surface area contributed by atoms with Crippen molar-refractivity contribution < 1.29 is 14.7 Å². The van der Waals surface area contributed by atoms with Crippen LogP contribution in [0.3, 0.4) is 0 Å². The lowest BCUT2D eigenvalue weighted by atomic mass is 9.98. The van der Waals surface area contributed by atoms with E-state index in [0.717, 1.165) is 30.8 Å². The van der Waals surface area contributed by atoms with E-state index >= 15 is 0 Å². The monoisotopic (exact) mass is 356 g/mol. The number of piperidine rings is 1. The second-order valence-electron chi connectivity index (χ2n) is 6.53. The molecule has 1 aromatic heterocycles. The zero-order chi connectivity index (χ0) is 18.5. The molecule has 2 aromatic rings. The fraction of sp³-hybridized carbons (Fsp3) is 0.474. The molecule has 1 unspecified atom stereocenters. The maximum Gasteiger partial charge on any atom is 0.303 e. The minimum absolute atomic E-state index is 0.0545. The first-order valence-electron chi connectivity index (χ1n) is 9.14.